The molecule has 138 valence electrons. The Balaban J connectivity index is 1.85. The van der Waals surface area contributed by atoms with Crippen molar-refractivity contribution in [2.24, 2.45) is 5.10 Å². The molecule has 0 spiro atoms. The molecule has 2 heterocycles. The number of nitrogens with zero attached hydrogens (tertiary/aromatic N) is 2. The Labute approximate surface area is 151 Å². The molecule has 1 aromatic carbocycles. The van der Waals surface area contributed by atoms with Crippen molar-refractivity contribution >= 4 is 12.1 Å². The number of carbonyl (C=O) groups is 1. The lowest BCUT2D eigenvalue weighted by Crippen LogP contribution is -2.32. The number of carbonyl (C=O) groups excluding carboxylic acids is 1. The van der Waals surface area contributed by atoms with Gasteiger partial charge in [0.1, 0.15) is 17.1 Å². The highest BCUT2D eigenvalue weighted by molar-refractivity contribution is 5.97. The molecule has 0 atom stereocenters. The van der Waals surface area contributed by atoms with Crippen LogP contribution in [0.3, 0.4) is 0 Å². The number of aromatic hydroxyl groups is 2. The van der Waals surface area contributed by atoms with Gasteiger partial charge < -0.3 is 14.6 Å². The van der Waals surface area contributed by atoms with Crippen LogP contribution in [0.5, 0.6) is 11.6 Å². The molecule has 0 saturated heterocycles. The lowest BCUT2D eigenvalue weighted by molar-refractivity contribution is 0.0952. The van der Waals surface area contributed by atoms with E-state index >= 15 is 0 Å². The first kappa shape index (κ1) is 17.7. The van der Waals surface area contributed by atoms with E-state index in [0.29, 0.717) is 5.76 Å². The maximum atomic E-state index is 12.0. The van der Waals surface area contributed by atoms with Crippen molar-refractivity contribution in [3.05, 3.63) is 80.4 Å². The molecular formula is C17H14N4O6. The van der Waals surface area contributed by atoms with E-state index in [1.807, 2.05) is 4.98 Å². The molecule has 0 saturated carbocycles. The number of rotatable bonds is 5. The van der Waals surface area contributed by atoms with Crippen molar-refractivity contribution in [3.63, 3.8) is 0 Å². The van der Waals surface area contributed by atoms with Crippen LogP contribution in [0.15, 0.2) is 61.8 Å². The maximum Gasteiger partial charge on any atom is 0.331 e. The van der Waals surface area contributed by atoms with Crippen LogP contribution in [0, 0.1) is 0 Å². The van der Waals surface area contributed by atoms with E-state index in [-0.39, 0.29) is 23.4 Å². The molecular weight excluding hydrogens is 356 g/mol. The Morgan fingerprint density at radius 3 is 2.70 bits per heavy atom. The zero-order valence-corrected chi connectivity index (χ0v) is 13.7. The molecule has 0 aliphatic heterocycles. The summed E-state index contributed by atoms with van der Waals surface area (Å²) in [4.78, 5) is 37.8. The Hall–Kier alpha value is -4.08. The van der Waals surface area contributed by atoms with E-state index in [2.05, 4.69) is 10.5 Å². The standard InChI is InChI=1S/C17H14N4O6/c22-13-6-2-1-5-11(13)15(24)20-18-8-12-14(23)19-17(26)21(16(12)25)9-10-4-3-7-27-10/h1-8,22,25H,9H2,(H,20,24)(H,19,23,26)/b18-8-. The summed E-state index contributed by atoms with van der Waals surface area (Å²) < 4.78 is 5.99. The normalized spacial score (nSPS) is 11.0. The van der Waals surface area contributed by atoms with Crippen LogP contribution >= 0.6 is 0 Å². The van der Waals surface area contributed by atoms with E-state index < -0.39 is 23.0 Å². The zero-order valence-electron chi connectivity index (χ0n) is 13.7. The first-order valence-electron chi connectivity index (χ1n) is 7.67. The highest BCUT2D eigenvalue weighted by Crippen LogP contribution is 2.15. The van der Waals surface area contributed by atoms with Crippen molar-refractivity contribution in [1.29, 1.82) is 0 Å². The summed E-state index contributed by atoms with van der Waals surface area (Å²) in [7, 11) is 0. The van der Waals surface area contributed by atoms with Crippen molar-refractivity contribution in [1.82, 2.24) is 15.0 Å². The Morgan fingerprint density at radius 1 is 1.22 bits per heavy atom. The number of nitrogens with one attached hydrogen (secondary N) is 2. The molecule has 0 aliphatic rings. The average Bonchev–Trinajstić information content (AvgIpc) is 3.15. The van der Waals surface area contributed by atoms with Gasteiger partial charge in [0.15, 0.2) is 0 Å². The molecule has 10 heteroatoms. The summed E-state index contributed by atoms with van der Waals surface area (Å²) in [6.45, 7) is -0.112. The van der Waals surface area contributed by atoms with Gasteiger partial charge in [-0.05, 0) is 24.3 Å². The summed E-state index contributed by atoms with van der Waals surface area (Å²) in [6.07, 6.45) is 2.30. The van der Waals surface area contributed by atoms with Crippen molar-refractivity contribution in [2.75, 3.05) is 0 Å². The fraction of sp³-hybridized carbons (Fsp3) is 0.0588. The van der Waals surface area contributed by atoms with Gasteiger partial charge in [-0.15, -0.1) is 0 Å². The number of furan rings is 1. The van der Waals surface area contributed by atoms with Gasteiger partial charge in [-0.3, -0.25) is 19.1 Å². The van der Waals surface area contributed by atoms with E-state index in [0.717, 1.165) is 10.8 Å². The summed E-state index contributed by atoms with van der Waals surface area (Å²) in [5.74, 6) is -1.21. The summed E-state index contributed by atoms with van der Waals surface area (Å²) in [5, 5.41) is 23.4. The second kappa shape index (κ2) is 7.44. The zero-order chi connectivity index (χ0) is 19.4. The monoisotopic (exact) mass is 370 g/mol. The second-order valence-corrected chi connectivity index (χ2v) is 5.38. The van der Waals surface area contributed by atoms with Crippen molar-refractivity contribution in [3.8, 4) is 11.6 Å². The first-order chi connectivity index (χ1) is 13.0. The van der Waals surface area contributed by atoms with E-state index in [1.165, 1.54) is 18.4 Å². The quantitative estimate of drug-likeness (QED) is 0.376. The minimum Gasteiger partial charge on any atom is -0.507 e. The fourth-order valence-electron chi connectivity index (χ4n) is 2.28. The van der Waals surface area contributed by atoms with Gasteiger partial charge in [0, 0.05) is 0 Å². The number of hydrogen-bond donors (Lipinski definition) is 4. The molecule has 0 unspecified atom stereocenters. The van der Waals surface area contributed by atoms with Gasteiger partial charge >= 0.3 is 5.69 Å². The molecule has 2 aromatic heterocycles. The van der Waals surface area contributed by atoms with Crippen LogP contribution < -0.4 is 16.7 Å². The third-order valence-corrected chi connectivity index (χ3v) is 3.61. The average molecular weight is 370 g/mol. The topological polar surface area (TPSA) is 150 Å². The number of benzene rings is 1. The third-order valence-electron chi connectivity index (χ3n) is 3.61. The molecule has 3 rings (SSSR count). The van der Waals surface area contributed by atoms with Crippen LogP contribution in [-0.4, -0.2) is 31.9 Å². The highest BCUT2D eigenvalue weighted by atomic mass is 16.3. The van der Waals surface area contributed by atoms with Crippen molar-refractivity contribution < 1.29 is 19.4 Å². The predicted molar refractivity (Wildman–Crippen MR) is 94.0 cm³/mol. The van der Waals surface area contributed by atoms with Crippen LogP contribution in [0.25, 0.3) is 0 Å². The number of hydrazone groups is 1. The number of phenolic OH excluding ortho intramolecular Hbond substituents is 1. The molecule has 4 N–H and O–H groups in total. The summed E-state index contributed by atoms with van der Waals surface area (Å²) in [6, 6.07) is 9.03. The Bertz CT molecular complexity index is 1110. The molecule has 1 amide bonds. The van der Waals surface area contributed by atoms with Crippen molar-refractivity contribution in [2.45, 2.75) is 6.54 Å². The second-order valence-electron chi connectivity index (χ2n) is 5.38. The highest BCUT2D eigenvalue weighted by Gasteiger charge is 2.14. The SMILES string of the molecule is O=C(N/N=C\c1c(O)n(Cc2ccco2)c(=O)[nH]c1=O)c1ccccc1O. The lowest BCUT2D eigenvalue weighted by atomic mass is 10.2. The van der Waals surface area contributed by atoms with Gasteiger partial charge in [0.2, 0.25) is 5.88 Å². The maximum absolute atomic E-state index is 12.0. The third kappa shape index (κ3) is 3.79. The van der Waals surface area contributed by atoms with E-state index in [9.17, 15) is 24.6 Å². The fourth-order valence-corrected chi connectivity index (χ4v) is 2.28. The molecule has 10 nitrogen and oxygen atoms in total. The Kier molecular flexibility index (Phi) is 4.88. The lowest BCUT2D eigenvalue weighted by Gasteiger charge is -2.08. The molecule has 0 bridgehead atoms. The molecule has 27 heavy (non-hydrogen) atoms. The molecule has 0 radical (unpaired) electrons. The largest absolute Gasteiger partial charge is 0.507 e. The number of H-pyrrole nitrogens is 1. The summed E-state index contributed by atoms with van der Waals surface area (Å²) >= 11 is 0. The van der Waals surface area contributed by atoms with Gasteiger partial charge in [0.05, 0.1) is 24.6 Å². The minimum atomic E-state index is -0.881. The van der Waals surface area contributed by atoms with Crippen LogP contribution in [-0.2, 0) is 6.54 Å². The number of aromatic nitrogens is 2. The van der Waals surface area contributed by atoms with Crippen LogP contribution in [0.4, 0.5) is 0 Å². The van der Waals surface area contributed by atoms with Crippen LogP contribution in [0.1, 0.15) is 21.7 Å². The number of hydrogen-bond acceptors (Lipinski definition) is 7. The number of phenols is 1. The first-order valence-corrected chi connectivity index (χ1v) is 7.67. The van der Waals surface area contributed by atoms with E-state index in [4.69, 9.17) is 4.42 Å². The number of amides is 1. The van der Waals surface area contributed by atoms with Gasteiger partial charge in [0.25, 0.3) is 11.5 Å². The minimum absolute atomic E-state index is 0.0180. The number of para-hydroxylation sites is 1. The predicted octanol–water partition coefficient (Wildman–Crippen LogP) is 0.353. The van der Waals surface area contributed by atoms with Gasteiger partial charge in [-0.25, -0.2) is 10.2 Å². The van der Waals surface area contributed by atoms with Gasteiger partial charge in [-0.1, -0.05) is 12.1 Å². The van der Waals surface area contributed by atoms with Crippen LogP contribution in [0.2, 0.25) is 0 Å². The van der Waals surface area contributed by atoms with E-state index in [1.54, 1.807) is 24.3 Å². The summed E-state index contributed by atoms with van der Waals surface area (Å²) in [5.41, 5.74) is 0.0604. The molecule has 0 aliphatic carbocycles. The number of aromatic amines is 1. The smallest absolute Gasteiger partial charge is 0.331 e. The van der Waals surface area contributed by atoms with Gasteiger partial charge in [-0.2, -0.15) is 5.10 Å². The molecule has 3 aromatic rings. The Morgan fingerprint density at radius 2 is 2.00 bits per heavy atom. The molecule has 0 fully saturated rings.